The van der Waals surface area contributed by atoms with Crippen LogP contribution in [0, 0.1) is 3.57 Å². The molecule has 4 N–H and O–H groups in total. The maximum atomic E-state index is 12.4. The van der Waals surface area contributed by atoms with E-state index in [0.29, 0.717) is 11.3 Å². The number of carbonyl (C=O) groups is 1. The second-order valence-electron chi connectivity index (χ2n) is 4.36. The van der Waals surface area contributed by atoms with E-state index in [0.717, 1.165) is 3.57 Å². The van der Waals surface area contributed by atoms with E-state index >= 15 is 0 Å². The SMILES string of the molecule is NC(=NO)C(C(=O)Nc1ccc(I)cc1)c1ccccc1. The summed E-state index contributed by atoms with van der Waals surface area (Å²) in [5, 5.41) is 14.6. The Morgan fingerprint density at radius 3 is 2.33 bits per heavy atom. The van der Waals surface area contributed by atoms with Crippen molar-refractivity contribution in [3.63, 3.8) is 0 Å². The molecule has 0 aliphatic heterocycles. The van der Waals surface area contributed by atoms with E-state index < -0.39 is 5.92 Å². The number of benzene rings is 2. The maximum Gasteiger partial charge on any atom is 0.239 e. The van der Waals surface area contributed by atoms with Gasteiger partial charge in [-0.3, -0.25) is 4.79 Å². The van der Waals surface area contributed by atoms with Crippen molar-refractivity contribution in [1.82, 2.24) is 0 Å². The van der Waals surface area contributed by atoms with Crippen LogP contribution in [-0.4, -0.2) is 17.0 Å². The van der Waals surface area contributed by atoms with Crippen molar-refractivity contribution in [3.8, 4) is 0 Å². The average Bonchev–Trinajstić information content (AvgIpc) is 2.50. The van der Waals surface area contributed by atoms with E-state index in [1.807, 2.05) is 18.2 Å². The Balaban J connectivity index is 2.25. The second kappa shape index (κ2) is 7.07. The number of halogens is 1. The first-order chi connectivity index (χ1) is 10.1. The van der Waals surface area contributed by atoms with Crippen LogP contribution in [0.25, 0.3) is 0 Å². The topological polar surface area (TPSA) is 87.7 Å². The molecule has 108 valence electrons. The Kier molecular flexibility index (Phi) is 5.15. The van der Waals surface area contributed by atoms with Crippen LogP contribution in [0.15, 0.2) is 59.8 Å². The fraction of sp³-hybridized carbons (Fsp3) is 0.0667. The van der Waals surface area contributed by atoms with Crippen LogP contribution in [0.5, 0.6) is 0 Å². The highest BCUT2D eigenvalue weighted by Crippen LogP contribution is 2.19. The van der Waals surface area contributed by atoms with Gasteiger partial charge in [-0.2, -0.15) is 0 Å². The molecule has 1 atom stereocenters. The molecule has 6 heteroatoms. The number of amides is 1. The molecule has 0 saturated heterocycles. The maximum absolute atomic E-state index is 12.4. The first-order valence-electron chi connectivity index (χ1n) is 6.20. The van der Waals surface area contributed by atoms with E-state index in [1.54, 1.807) is 36.4 Å². The summed E-state index contributed by atoms with van der Waals surface area (Å²) in [5.41, 5.74) is 6.99. The van der Waals surface area contributed by atoms with E-state index in [1.165, 1.54) is 0 Å². The molecule has 0 fully saturated rings. The predicted molar refractivity (Wildman–Crippen MR) is 90.4 cm³/mol. The van der Waals surface area contributed by atoms with Crippen molar-refractivity contribution in [2.75, 3.05) is 5.32 Å². The highest BCUT2D eigenvalue weighted by Gasteiger charge is 2.25. The summed E-state index contributed by atoms with van der Waals surface area (Å²) >= 11 is 2.18. The Hall–Kier alpha value is -2.09. The largest absolute Gasteiger partial charge is 0.409 e. The minimum Gasteiger partial charge on any atom is -0.409 e. The zero-order chi connectivity index (χ0) is 15.2. The Morgan fingerprint density at radius 1 is 1.14 bits per heavy atom. The van der Waals surface area contributed by atoms with Crippen LogP contribution in [0.1, 0.15) is 11.5 Å². The van der Waals surface area contributed by atoms with Gasteiger partial charge >= 0.3 is 0 Å². The van der Waals surface area contributed by atoms with Crippen molar-refractivity contribution in [2.24, 2.45) is 10.9 Å². The first-order valence-corrected chi connectivity index (χ1v) is 7.28. The lowest BCUT2D eigenvalue weighted by Crippen LogP contribution is -2.32. The van der Waals surface area contributed by atoms with Crippen LogP contribution in [0.2, 0.25) is 0 Å². The number of nitrogens with one attached hydrogen (secondary N) is 1. The summed E-state index contributed by atoms with van der Waals surface area (Å²) in [6.45, 7) is 0. The third-order valence-electron chi connectivity index (χ3n) is 2.92. The molecule has 0 bridgehead atoms. The highest BCUT2D eigenvalue weighted by molar-refractivity contribution is 14.1. The van der Waals surface area contributed by atoms with Crippen LogP contribution in [0.4, 0.5) is 5.69 Å². The quantitative estimate of drug-likeness (QED) is 0.245. The van der Waals surface area contributed by atoms with E-state index in [9.17, 15) is 4.79 Å². The molecule has 0 heterocycles. The normalized spacial score (nSPS) is 12.7. The number of anilines is 1. The van der Waals surface area contributed by atoms with Crippen LogP contribution in [-0.2, 0) is 4.79 Å². The van der Waals surface area contributed by atoms with Gasteiger partial charge in [-0.1, -0.05) is 35.5 Å². The predicted octanol–water partition coefficient (Wildman–Crippen LogP) is 2.76. The van der Waals surface area contributed by atoms with Crippen molar-refractivity contribution < 1.29 is 10.0 Å². The lowest BCUT2D eigenvalue weighted by atomic mass is 9.97. The number of rotatable bonds is 4. The third-order valence-corrected chi connectivity index (χ3v) is 3.64. The van der Waals surface area contributed by atoms with Gasteiger partial charge in [-0.15, -0.1) is 0 Å². The average molecular weight is 395 g/mol. The number of amidine groups is 1. The Labute approximate surface area is 136 Å². The molecule has 2 aromatic rings. The van der Waals surface area contributed by atoms with Crippen molar-refractivity contribution in [2.45, 2.75) is 5.92 Å². The van der Waals surface area contributed by atoms with Crippen molar-refractivity contribution in [1.29, 1.82) is 0 Å². The van der Waals surface area contributed by atoms with Gasteiger partial charge in [0.1, 0.15) is 5.92 Å². The van der Waals surface area contributed by atoms with Crippen molar-refractivity contribution in [3.05, 3.63) is 63.7 Å². The van der Waals surface area contributed by atoms with Gasteiger partial charge in [0.25, 0.3) is 0 Å². The van der Waals surface area contributed by atoms with Gasteiger partial charge in [0.15, 0.2) is 5.84 Å². The van der Waals surface area contributed by atoms with Crippen LogP contribution >= 0.6 is 22.6 Å². The minimum absolute atomic E-state index is 0.149. The van der Waals surface area contributed by atoms with Crippen molar-refractivity contribution >= 4 is 40.0 Å². The van der Waals surface area contributed by atoms with Gasteiger partial charge in [-0.25, -0.2) is 0 Å². The molecule has 0 spiro atoms. The monoisotopic (exact) mass is 395 g/mol. The fourth-order valence-corrected chi connectivity index (χ4v) is 2.27. The van der Waals surface area contributed by atoms with Gasteiger partial charge < -0.3 is 16.3 Å². The molecule has 0 aromatic heterocycles. The molecular formula is C15H14IN3O2. The van der Waals surface area contributed by atoms with Gasteiger partial charge in [0, 0.05) is 9.26 Å². The lowest BCUT2D eigenvalue weighted by molar-refractivity contribution is -0.116. The first kappa shape index (κ1) is 15.3. The summed E-state index contributed by atoms with van der Waals surface area (Å²) in [4.78, 5) is 12.4. The summed E-state index contributed by atoms with van der Waals surface area (Å²) in [6, 6.07) is 16.3. The number of nitrogens with zero attached hydrogens (tertiary/aromatic N) is 1. The Morgan fingerprint density at radius 2 is 1.76 bits per heavy atom. The molecule has 0 saturated carbocycles. The van der Waals surface area contributed by atoms with Crippen LogP contribution < -0.4 is 11.1 Å². The summed E-state index contributed by atoms with van der Waals surface area (Å²) in [5.74, 6) is -1.34. The zero-order valence-electron chi connectivity index (χ0n) is 11.0. The molecule has 2 rings (SSSR count). The lowest BCUT2D eigenvalue weighted by Gasteiger charge is -2.16. The molecule has 1 amide bonds. The van der Waals surface area contributed by atoms with Gasteiger partial charge in [0.2, 0.25) is 5.91 Å². The summed E-state index contributed by atoms with van der Waals surface area (Å²) in [6.07, 6.45) is 0. The molecule has 2 aromatic carbocycles. The second-order valence-corrected chi connectivity index (χ2v) is 5.61. The zero-order valence-corrected chi connectivity index (χ0v) is 13.2. The Bertz CT molecular complexity index is 642. The fourth-order valence-electron chi connectivity index (χ4n) is 1.91. The smallest absolute Gasteiger partial charge is 0.239 e. The third kappa shape index (κ3) is 3.94. The molecule has 1 unspecified atom stereocenters. The molecule has 0 radical (unpaired) electrons. The standard InChI is InChI=1S/C15H14IN3O2/c16-11-6-8-12(9-7-11)18-15(20)13(14(17)19-21)10-4-2-1-3-5-10/h1-9,13,21H,(H2,17,19)(H,18,20). The number of nitrogens with two attached hydrogens (primary N) is 1. The summed E-state index contributed by atoms with van der Waals surface area (Å²) < 4.78 is 1.07. The number of carbonyl (C=O) groups excluding carboxylic acids is 1. The molecule has 0 aliphatic rings. The number of hydrogen-bond acceptors (Lipinski definition) is 3. The van der Waals surface area contributed by atoms with E-state index in [-0.39, 0.29) is 11.7 Å². The molecule has 5 nitrogen and oxygen atoms in total. The van der Waals surface area contributed by atoms with Crippen LogP contribution in [0.3, 0.4) is 0 Å². The van der Waals surface area contributed by atoms with Gasteiger partial charge in [-0.05, 0) is 52.4 Å². The van der Waals surface area contributed by atoms with E-state index in [4.69, 9.17) is 10.9 Å². The molecule has 21 heavy (non-hydrogen) atoms. The number of oxime groups is 1. The minimum atomic E-state index is -0.838. The summed E-state index contributed by atoms with van der Waals surface area (Å²) in [7, 11) is 0. The molecule has 0 aliphatic carbocycles. The highest BCUT2D eigenvalue weighted by atomic mass is 127. The van der Waals surface area contributed by atoms with E-state index in [2.05, 4.69) is 33.1 Å². The van der Waals surface area contributed by atoms with Gasteiger partial charge in [0.05, 0.1) is 0 Å². The number of hydrogen-bond donors (Lipinski definition) is 3. The molecular weight excluding hydrogens is 381 g/mol.